The van der Waals surface area contributed by atoms with Crippen LogP contribution in [-0.4, -0.2) is 39.3 Å². The van der Waals surface area contributed by atoms with E-state index in [1.165, 1.54) is 13.2 Å². The zero-order valence-corrected chi connectivity index (χ0v) is 13.7. The number of carbonyl (C=O) groups is 1. The number of methoxy groups -OCH3 is 1. The first-order chi connectivity index (χ1) is 9.19. The molecule has 0 saturated carbocycles. The summed E-state index contributed by atoms with van der Waals surface area (Å²) in [6.45, 7) is 3.45. The molecule has 0 aliphatic heterocycles. The number of hydrogen-bond acceptors (Lipinski definition) is 4. The minimum atomic E-state index is -3.81. The molecule has 0 spiro atoms. The fourth-order valence-corrected chi connectivity index (χ4v) is 3.60. The van der Waals surface area contributed by atoms with Crippen LogP contribution in [-0.2, 0) is 14.8 Å². The Bertz CT molecular complexity index is 615. The molecule has 0 aliphatic rings. The molecule has 1 rings (SSSR count). The van der Waals surface area contributed by atoms with Crippen molar-refractivity contribution in [3.05, 3.63) is 27.7 Å². The van der Waals surface area contributed by atoms with Gasteiger partial charge in [-0.15, -0.1) is 0 Å². The molecule has 1 aromatic carbocycles. The van der Waals surface area contributed by atoms with E-state index in [-0.39, 0.29) is 23.1 Å². The van der Waals surface area contributed by atoms with Crippen LogP contribution in [0.3, 0.4) is 0 Å². The van der Waals surface area contributed by atoms with Crippen molar-refractivity contribution in [1.29, 1.82) is 0 Å². The SMILES string of the molecule is COC(C)CNS(=O)(=O)c1cc(C(=O)O)cc(C)c1Br. The summed E-state index contributed by atoms with van der Waals surface area (Å²) in [5, 5.41) is 9.00. The van der Waals surface area contributed by atoms with Gasteiger partial charge in [-0.1, -0.05) is 0 Å². The molecule has 0 amide bonds. The Kier molecular flexibility index (Phi) is 5.69. The van der Waals surface area contributed by atoms with Crippen LogP contribution >= 0.6 is 15.9 Å². The Morgan fingerprint density at radius 2 is 2.10 bits per heavy atom. The van der Waals surface area contributed by atoms with Crippen molar-refractivity contribution in [2.45, 2.75) is 24.8 Å². The molecule has 112 valence electrons. The van der Waals surface area contributed by atoms with E-state index >= 15 is 0 Å². The second-order valence-corrected chi connectivity index (χ2v) is 6.84. The summed E-state index contributed by atoms with van der Waals surface area (Å²) >= 11 is 3.18. The molecule has 2 N–H and O–H groups in total. The van der Waals surface area contributed by atoms with E-state index in [1.54, 1.807) is 13.8 Å². The van der Waals surface area contributed by atoms with Crippen molar-refractivity contribution in [2.75, 3.05) is 13.7 Å². The quantitative estimate of drug-likeness (QED) is 0.801. The van der Waals surface area contributed by atoms with Crippen LogP contribution in [0.1, 0.15) is 22.8 Å². The number of halogens is 1. The Labute approximate surface area is 126 Å². The van der Waals surface area contributed by atoms with Crippen LogP contribution in [0.15, 0.2) is 21.5 Å². The lowest BCUT2D eigenvalue weighted by Gasteiger charge is -2.14. The lowest BCUT2D eigenvalue weighted by atomic mass is 10.1. The van der Waals surface area contributed by atoms with E-state index in [9.17, 15) is 13.2 Å². The minimum Gasteiger partial charge on any atom is -0.478 e. The molecule has 6 nitrogen and oxygen atoms in total. The summed E-state index contributed by atoms with van der Waals surface area (Å²) in [4.78, 5) is 10.9. The van der Waals surface area contributed by atoms with Crippen LogP contribution in [0.4, 0.5) is 0 Å². The predicted octanol–water partition coefficient (Wildman–Crippen LogP) is 1.77. The first kappa shape index (κ1) is 17.1. The number of benzene rings is 1. The summed E-state index contributed by atoms with van der Waals surface area (Å²) in [7, 11) is -2.34. The van der Waals surface area contributed by atoms with Crippen molar-refractivity contribution in [3.63, 3.8) is 0 Å². The molecule has 1 atom stereocenters. The van der Waals surface area contributed by atoms with Gasteiger partial charge in [-0.2, -0.15) is 0 Å². The Balaban J connectivity index is 3.20. The third kappa shape index (κ3) is 4.02. The molecule has 0 radical (unpaired) electrons. The third-order valence-corrected chi connectivity index (χ3v) is 5.48. The summed E-state index contributed by atoms with van der Waals surface area (Å²) in [6.07, 6.45) is -0.285. The first-order valence-corrected chi connectivity index (χ1v) is 8.02. The van der Waals surface area contributed by atoms with Gasteiger partial charge in [0, 0.05) is 18.1 Å². The van der Waals surface area contributed by atoms with Gasteiger partial charge in [-0.25, -0.2) is 17.9 Å². The molecule has 0 heterocycles. The molecule has 1 unspecified atom stereocenters. The van der Waals surface area contributed by atoms with Gasteiger partial charge in [0.25, 0.3) is 0 Å². The average molecular weight is 366 g/mol. The number of rotatable bonds is 6. The van der Waals surface area contributed by atoms with E-state index in [1.807, 2.05) is 0 Å². The number of hydrogen-bond donors (Lipinski definition) is 2. The summed E-state index contributed by atoms with van der Waals surface area (Å²) < 4.78 is 32.1. The number of aromatic carboxylic acids is 1. The van der Waals surface area contributed by atoms with Crippen LogP contribution in [0.2, 0.25) is 0 Å². The van der Waals surface area contributed by atoms with E-state index in [2.05, 4.69) is 20.7 Å². The lowest BCUT2D eigenvalue weighted by Crippen LogP contribution is -2.32. The van der Waals surface area contributed by atoms with Crippen LogP contribution in [0.25, 0.3) is 0 Å². The van der Waals surface area contributed by atoms with Gasteiger partial charge < -0.3 is 9.84 Å². The molecule has 20 heavy (non-hydrogen) atoms. The van der Waals surface area contributed by atoms with Gasteiger partial charge in [0.15, 0.2) is 0 Å². The second-order valence-electron chi connectivity index (χ2n) is 4.31. The lowest BCUT2D eigenvalue weighted by molar-refractivity contribution is 0.0696. The van der Waals surface area contributed by atoms with Gasteiger partial charge in [-0.3, -0.25) is 0 Å². The van der Waals surface area contributed by atoms with Crippen molar-refractivity contribution in [3.8, 4) is 0 Å². The van der Waals surface area contributed by atoms with E-state index in [4.69, 9.17) is 9.84 Å². The highest BCUT2D eigenvalue weighted by Gasteiger charge is 2.22. The molecule has 1 aromatic rings. The van der Waals surface area contributed by atoms with Gasteiger partial charge in [0.2, 0.25) is 10.0 Å². The fourth-order valence-electron chi connectivity index (χ4n) is 1.44. The number of carboxylic acids is 1. The fraction of sp³-hybridized carbons (Fsp3) is 0.417. The molecule has 0 aliphatic carbocycles. The highest BCUT2D eigenvalue weighted by molar-refractivity contribution is 9.10. The molecular formula is C12H16BrNO5S. The molecule has 0 fully saturated rings. The maximum atomic E-state index is 12.2. The normalized spacial score (nSPS) is 13.2. The summed E-state index contributed by atoms with van der Waals surface area (Å²) in [6, 6.07) is 2.53. The maximum Gasteiger partial charge on any atom is 0.335 e. The van der Waals surface area contributed by atoms with Crippen molar-refractivity contribution in [2.24, 2.45) is 0 Å². The van der Waals surface area contributed by atoms with Gasteiger partial charge in [0.1, 0.15) is 0 Å². The highest BCUT2D eigenvalue weighted by atomic mass is 79.9. The highest BCUT2D eigenvalue weighted by Crippen LogP contribution is 2.27. The number of sulfonamides is 1. The monoisotopic (exact) mass is 365 g/mol. The molecular weight excluding hydrogens is 350 g/mol. The Hall–Kier alpha value is -0.960. The molecule has 8 heteroatoms. The smallest absolute Gasteiger partial charge is 0.335 e. The number of carboxylic acid groups (broad SMARTS) is 1. The largest absolute Gasteiger partial charge is 0.478 e. The van der Waals surface area contributed by atoms with Crippen LogP contribution in [0.5, 0.6) is 0 Å². The van der Waals surface area contributed by atoms with Gasteiger partial charge >= 0.3 is 5.97 Å². The minimum absolute atomic E-state index is 0.0779. The van der Waals surface area contributed by atoms with E-state index in [0.717, 1.165) is 6.07 Å². The Morgan fingerprint density at radius 3 is 2.60 bits per heavy atom. The van der Waals surface area contributed by atoms with Crippen molar-refractivity contribution >= 4 is 31.9 Å². The second kappa shape index (κ2) is 6.66. The third-order valence-electron chi connectivity index (χ3n) is 2.72. The van der Waals surface area contributed by atoms with E-state index in [0.29, 0.717) is 10.0 Å². The standard InChI is InChI=1S/C12H16BrNO5S/c1-7-4-9(12(15)16)5-10(11(7)13)20(17,18)14-6-8(2)19-3/h4-5,8,14H,6H2,1-3H3,(H,15,16). The zero-order chi connectivity index (χ0) is 15.5. The predicted molar refractivity (Wildman–Crippen MR) is 77.5 cm³/mol. The summed E-state index contributed by atoms with van der Waals surface area (Å²) in [5.74, 6) is -1.18. The molecule has 0 saturated heterocycles. The number of nitrogens with one attached hydrogen (secondary N) is 1. The van der Waals surface area contributed by atoms with Crippen LogP contribution < -0.4 is 4.72 Å². The number of ether oxygens (including phenoxy) is 1. The van der Waals surface area contributed by atoms with E-state index < -0.39 is 16.0 Å². The van der Waals surface area contributed by atoms with Crippen molar-refractivity contribution < 1.29 is 23.1 Å². The zero-order valence-electron chi connectivity index (χ0n) is 11.3. The summed E-state index contributed by atoms with van der Waals surface area (Å²) in [5.41, 5.74) is 0.455. The topological polar surface area (TPSA) is 92.7 Å². The van der Waals surface area contributed by atoms with Gasteiger partial charge in [-0.05, 0) is 47.5 Å². The molecule has 0 aromatic heterocycles. The Morgan fingerprint density at radius 1 is 1.50 bits per heavy atom. The number of aryl methyl sites for hydroxylation is 1. The first-order valence-electron chi connectivity index (χ1n) is 5.75. The van der Waals surface area contributed by atoms with Gasteiger partial charge in [0.05, 0.1) is 16.6 Å². The molecule has 0 bridgehead atoms. The maximum absolute atomic E-state index is 12.2. The van der Waals surface area contributed by atoms with Crippen molar-refractivity contribution in [1.82, 2.24) is 4.72 Å². The average Bonchev–Trinajstić information content (AvgIpc) is 2.38. The van der Waals surface area contributed by atoms with Crippen LogP contribution in [0, 0.1) is 6.92 Å².